The number of primary amides is 1. The van der Waals surface area contributed by atoms with Crippen LogP contribution in [0.1, 0.15) is 39.0 Å². The molecule has 4 N–H and O–H groups in total. The Morgan fingerprint density at radius 1 is 1.33 bits per heavy atom. The first-order valence-electron chi connectivity index (χ1n) is 9.34. The molecule has 0 aliphatic carbocycles. The van der Waals surface area contributed by atoms with Crippen LogP contribution < -0.4 is 16.4 Å². The molecule has 7 heteroatoms. The van der Waals surface area contributed by atoms with E-state index in [9.17, 15) is 4.79 Å². The second kappa shape index (κ2) is 10.5. The van der Waals surface area contributed by atoms with Crippen LogP contribution in [0.25, 0.3) is 0 Å². The van der Waals surface area contributed by atoms with Crippen LogP contribution in [0.3, 0.4) is 0 Å². The highest BCUT2D eigenvalue weighted by Gasteiger charge is 2.23. The lowest BCUT2D eigenvalue weighted by Gasteiger charge is -2.31. The van der Waals surface area contributed by atoms with Crippen molar-refractivity contribution < 1.29 is 9.53 Å². The number of hydrogen-bond donors (Lipinski definition) is 3. The average Bonchev–Trinajstić information content (AvgIpc) is 3.10. The highest BCUT2D eigenvalue weighted by molar-refractivity contribution is 5.79. The number of hydrogen-bond acceptors (Lipinski definition) is 4. The number of likely N-dealkylation sites (tertiary alicyclic amines) is 1. The molecule has 0 aromatic carbocycles. The number of amides is 1. The van der Waals surface area contributed by atoms with Gasteiger partial charge in [0.15, 0.2) is 5.96 Å². The predicted octanol–water partition coefficient (Wildman–Crippen LogP) is 0.308. The minimum Gasteiger partial charge on any atom is -0.376 e. The lowest BCUT2D eigenvalue weighted by molar-refractivity contribution is -0.123. The number of nitrogens with one attached hydrogen (secondary N) is 2. The Morgan fingerprint density at radius 2 is 2.21 bits per heavy atom. The normalized spacial score (nSPS) is 25.6. The number of nitrogens with two attached hydrogens (primary N) is 1. The Hall–Kier alpha value is -1.34. The number of rotatable bonds is 8. The molecule has 0 spiro atoms. The first-order valence-corrected chi connectivity index (χ1v) is 9.34. The molecular weight excluding hydrogens is 306 g/mol. The van der Waals surface area contributed by atoms with E-state index >= 15 is 0 Å². The quantitative estimate of drug-likeness (QED) is 0.336. The maximum absolute atomic E-state index is 11.3. The molecule has 0 saturated carbocycles. The third-order valence-electron chi connectivity index (χ3n) is 4.67. The van der Waals surface area contributed by atoms with E-state index in [1.165, 1.54) is 0 Å². The van der Waals surface area contributed by atoms with Gasteiger partial charge in [0.05, 0.1) is 18.6 Å². The first-order chi connectivity index (χ1) is 11.7. The maximum atomic E-state index is 11.3. The second-order valence-electron chi connectivity index (χ2n) is 6.68. The molecule has 1 amide bonds. The van der Waals surface area contributed by atoms with Gasteiger partial charge in [0.2, 0.25) is 5.91 Å². The fourth-order valence-corrected chi connectivity index (χ4v) is 3.32. The van der Waals surface area contributed by atoms with E-state index in [1.807, 2.05) is 0 Å². The molecular formula is C17H33N5O2. The monoisotopic (exact) mass is 339 g/mol. The smallest absolute Gasteiger partial charge is 0.221 e. The van der Waals surface area contributed by atoms with Crippen molar-refractivity contribution in [1.29, 1.82) is 0 Å². The van der Waals surface area contributed by atoms with E-state index in [0.29, 0.717) is 0 Å². The summed E-state index contributed by atoms with van der Waals surface area (Å²) in [6.45, 7) is 8.25. The van der Waals surface area contributed by atoms with E-state index in [2.05, 4.69) is 27.4 Å². The summed E-state index contributed by atoms with van der Waals surface area (Å²) in [5.41, 5.74) is 5.43. The summed E-state index contributed by atoms with van der Waals surface area (Å²) in [7, 11) is 0. The fourth-order valence-electron chi connectivity index (χ4n) is 3.32. The molecule has 0 bridgehead atoms. The van der Waals surface area contributed by atoms with Gasteiger partial charge in [-0.2, -0.15) is 0 Å². The summed E-state index contributed by atoms with van der Waals surface area (Å²) >= 11 is 0. The predicted molar refractivity (Wildman–Crippen MR) is 95.9 cm³/mol. The van der Waals surface area contributed by atoms with E-state index in [-0.39, 0.29) is 17.9 Å². The van der Waals surface area contributed by atoms with Crippen LogP contribution in [-0.2, 0) is 9.53 Å². The molecule has 2 heterocycles. The second-order valence-corrected chi connectivity index (χ2v) is 6.68. The lowest BCUT2D eigenvalue weighted by Crippen LogP contribution is -2.43. The Balaban J connectivity index is 1.64. The van der Waals surface area contributed by atoms with Gasteiger partial charge in [0, 0.05) is 26.2 Å². The minimum absolute atomic E-state index is 0.0250. The standard InChI is InChI=1S/C17H33N5O2/c1-2-19-17(21-12-15-7-4-11-24-15)20-8-5-10-22-9-3-6-14(13-22)16(18)23/h14-15H,2-13H2,1H3,(H2,18,23)(H2,19,20,21). The molecule has 2 unspecified atom stereocenters. The van der Waals surface area contributed by atoms with E-state index in [4.69, 9.17) is 10.5 Å². The number of carbonyl (C=O) groups excluding carboxylic acids is 1. The first kappa shape index (κ1) is 19.0. The number of ether oxygens (including phenoxy) is 1. The van der Waals surface area contributed by atoms with E-state index in [1.54, 1.807) is 0 Å². The van der Waals surface area contributed by atoms with Gasteiger partial charge in [-0.1, -0.05) is 0 Å². The molecule has 0 radical (unpaired) electrons. The SMILES string of the molecule is CCNC(=NCC1CCCO1)NCCCN1CCCC(C(N)=O)C1. The molecule has 2 aliphatic rings. The minimum atomic E-state index is -0.159. The van der Waals surface area contributed by atoms with Crippen molar-refractivity contribution in [2.45, 2.75) is 45.1 Å². The molecule has 0 aromatic heterocycles. The molecule has 2 fully saturated rings. The van der Waals surface area contributed by atoms with Crippen molar-refractivity contribution in [2.24, 2.45) is 16.6 Å². The zero-order valence-electron chi connectivity index (χ0n) is 14.9. The van der Waals surface area contributed by atoms with Crippen LogP contribution in [0.4, 0.5) is 0 Å². The summed E-state index contributed by atoms with van der Waals surface area (Å²) in [5.74, 6) is 0.729. The number of guanidine groups is 1. The molecule has 24 heavy (non-hydrogen) atoms. The van der Waals surface area contributed by atoms with Gasteiger partial charge in [-0.05, 0) is 52.1 Å². The van der Waals surface area contributed by atoms with Crippen LogP contribution in [0.15, 0.2) is 4.99 Å². The molecule has 7 nitrogen and oxygen atoms in total. The summed E-state index contributed by atoms with van der Waals surface area (Å²) in [5, 5.41) is 6.66. The Bertz CT molecular complexity index is 410. The van der Waals surface area contributed by atoms with Gasteiger partial charge in [-0.15, -0.1) is 0 Å². The number of aliphatic imine (C=N–C) groups is 1. The number of carbonyl (C=O) groups is 1. The van der Waals surface area contributed by atoms with Crippen LogP contribution in [0, 0.1) is 5.92 Å². The average molecular weight is 339 g/mol. The molecule has 138 valence electrons. The van der Waals surface area contributed by atoms with Gasteiger partial charge in [0.1, 0.15) is 0 Å². The van der Waals surface area contributed by atoms with Gasteiger partial charge >= 0.3 is 0 Å². The maximum Gasteiger partial charge on any atom is 0.221 e. The zero-order valence-corrected chi connectivity index (χ0v) is 14.9. The Labute approximate surface area is 145 Å². The molecule has 2 saturated heterocycles. The summed E-state index contributed by atoms with van der Waals surface area (Å²) in [6, 6.07) is 0. The third-order valence-corrected chi connectivity index (χ3v) is 4.67. The Morgan fingerprint density at radius 3 is 2.92 bits per heavy atom. The van der Waals surface area contributed by atoms with Crippen LogP contribution in [-0.4, -0.2) is 68.7 Å². The molecule has 2 atom stereocenters. The highest BCUT2D eigenvalue weighted by atomic mass is 16.5. The third kappa shape index (κ3) is 6.65. The van der Waals surface area contributed by atoms with Crippen molar-refractivity contribution in [3.05, 3.63) is 0 Å². The molecule has 2 rings (SSSR count). The van der Waals surface area contributed by atoms with E-state index < -0.39 is 0 Å². The highest BCUT2D eigenvalue weighted by Crippen LogP contribution is 2.15. The van der Waals surface area contributed by atoms with Crippen molar-refractivity contribution in [2.75, 3.05) is 45.9 Å². The van der Waals surface area contributed by atoms with Crippen LogP contribution in [0.5, 0.6) is 0 Å². The molecule has 2 aliphatic heterocycles. The Kier molecular flexibility index (Phi) is 8.32. The van der Waals surface area contributed by atoms with Crippen molar-refractivity contribution in [3.8, 4) is 0 Å². The van der Waals surface area contributed by atoms with Crippen molar-refractivity contribution in [1.82, 2.24) is 15.5 Å². The topological polar surface area (TPSA) is 92.0 Å². The van der Waals surface area contributed by atoms with Crippen molar-refractivity contribution in [3.63, 3.8) is 0 Å². The number of nitrogens with zero attached hydrogens (tertiary/aromatic N) is 2. The van der Waals surface area contributed by atoms with Gasteiger partial charge in [-0.3, -0.25) is 9.79 Å². The fraction of sp³-hybridized carbons (Fsp3) is 0.882. The summed E-state index contributed by atoms with van der Waals surface area (Å²) in [6.07, 6.45) is 5.55. The van der Waals surface area contributed by atoms with Crippen LogP contribution in [0.2, 0.25) is 0 Å². The van der Waals surface area contributed by atoms with E-state index in [0.717, 1.165) is 83.9 Å². The summed E-state index contributed by atoms with van der Waals surface area (Å²) in [4.78, 5) is 18.3. The van der Waals surface area contributed by atoms with Crippen molar-refractivity contribution >= 4 is 11.9 Å². The van der Waals surface area contributed by atoms with Gasteiger partial charge in [-0.25, -0.2) is 0 Å². The van der Waals surface area contributed by atoms with Gasteiger partial charge < -0.3 is 26.0 Å². The largest absolute Gasteiger partial charge is 0.376 e. The van der Waals surface area contributed by atoms with Gasteiger partial charge in [0.25, 0.3) is 0 Å². The number of piperidine rings is 1. The molecule has 0 aromatic rings. The van der Waals surface area contributed by atoms with Crippen LogP contribution >= 0.6 is 0 Å². The zero-order chi connectivity index (χ0) is 17.2. The lowest BCUT2D eigenvalue weighted by atomic mass is 9.97. The summed E-state index contributed by atoms with van der Waals surface area (Å²) < 4.78 is 5.61.